The van der Waals surface area contributed by atoms with Crippen molar-refractivity contribution in [1.82, 2.24) is 4.90 Å². The predicted molar refractivity (Wildman–Crippen MR) is 117 cm³/mol. The van der Waals surface area contributed by atoms with Crippen LogP contribution >= 0.6 is 11.8 Å². The summed E-state index contributed by atoms with van der Waals surface area (Å²) in [5.74, 6) is 2.07. The monoisotopic (exact) mass is 400 g/mol. The lowest BCUT2D eigenvalue weighted by Crippen LogP contribution is -2.28. The summed E-state index contributed by atoms with van der Waals surface area (Å²) in [5.41, 5.74) is 2.00. The molecular weight excluding hydrogens is 372 g/mol. The first-order valence-electron chi connectivity index (χ1n) is 9.64. The summed E-state index contributed by atoms with van der Waals surface area (Å²) < 4.78 is 11.5. The van der Waals surface area contributed by atoms with Crippen molar-refractivity contribution in [3.05, 3.63) is 29.8 Å². The number of carbonyl (C=O) groups is 1. The maximum atomic E-state index is 11.1. The number of hydrogen-bond acceptors (Lipinski definition) is 5. The summed E-state index contributed by atoms with van der Waals surface area (Å²) in [7, 11) is 1.66. The molecule has 2 aromatic carbocycles. The number of benzene rings is 2. The van der Waals surface area contributed by atoms with E-state index in [9.17, 15) is 4.79 Å². The fourth-order valence-electron chi connectivity index (χ4n) is 3.33. The first-order valence-corrected chi connectivity index (χ1v) is 10.7. The first kappa shape index (κ1) is 20.5. The van der Waals surface area contributed by atoms with Crippen molar-refractivity contribution in [2.24, 2.45) is 4.99 Å². The second kappa shape index (κ2) is 9.32. The highest BCUT2D eigenvalue weighted by atomic mass is 32.2. The van der Waals surface area contributed by atoms with Crippen molar-refractivity contribution in [2.45, 2.75) is 44.9 Å². The summed E-state index contributed by atoms with van der Waals surface area (Å²) in [6.07, 6.45) is 4.81. The van der Waals surface area contributed by atoms with Crippen LogP contribution in [0.2, 0.25) is 0 Å². The van der Waals surface area contributed by atoms with Crippen LogP contribution in [0.25, 0.3) is 10.8 Å². The van der Waals surface area contributed by atoms with Gasteiger partial charge in [0.1, 0.15) is 5.94 Å². The van der Waals surface area contributed by atoms with Crippen LogP contribution in [0.3, 0.4) is 0 Å². The summed E-state index contributed by atoms with van der Waals surface area (Å²) in [5, 5.41) is 2.67. The normalized spacial score (nSPS) is 17.0. The van der Waals surface area contributed by atoms with Gasteiger partial charge in [-0.2, -0.15) is 0 Å². The molecule has 0 aliphatic carbocycles. The number of carbonyl (C=O) groups excluding carboxylic acids is 1. The average molecular weight is 401 g/mol. The van der Waals surface area contributed by atoms with E-state index in [1.54, 1.807) is 18.9 Å². The summed E-state index contributed by atoms with van der Waals surface area (Å²) in [6.45, 7) is 7.16. The van der Waals surface area contributed by atoms with Gasteiger partial charge in [-0.25, -0.2) is 0 Å². The van der Waals surface area contributed by atoms with Gasteiger partial charge in [-0.05, 0) is 60.4 Å². The molecule has 0 spiro atoms. The molecule has 1 saturated heterocycles. The number of nitrogens with zero attached hydrogens (tertiary/aromatic N) is 2. The van der Waals surface area contributed by atoms with E-state index in [0.29, 0.717) is 11.2 Å². The van der Waals surface area contributed by atoms with E-state index in [-0.39, 0.29) is 6.04 Å². The molecule has 6 heteroatoms. The van der Waals surface area contributed by atoms with Crippen molar-refractivity contribution in [1.29, 1.82) is 0 Å². The van der Waals surface area contributed by atoms with Gasteiger partial charge < -0.3 is 14.4 Å². The maximum Gasteiger partial charge on any atom is 0.210 e. The van der Waals surface area contributed by atoms with E-state index >= 15 is 0 Å². The summed E-state index contributed by atoms with van der Waals surface area (Å²) >= 11 is 1.75. The SMILES string of the molecule is COc1cc2cc(N=CC3CCCN3C=O)c(C)cc2cc1OCSC(C)C. The minimum absolute atomic E-state index is 0.0939. The number of fused-ring (bicyclic) bond motifs is 1. The van der Waals surface area contributed by atoms with Crippen LogP contribution in [0, 0.1) is 6.92 Å². The van der Waals surface area contributed by atoms with Crippen LogP contribution in [0.1, 0.15) is 32.3 Å². The molecule has 0 bridgehead atoms. The second-order valence-electron chi connectivity index (χ2n) is 7.30. The smallest absolute Gasteiger partial charge is 0.210 e. The number of methoxy groups -OCH3 is 1. The lowest BCUT2D eigenvalue weighted by Gasteiger charge is -2.15. The van der Waals surface area contributed by atoms with E-state index in [1.165, 1.54) is 0 Å². The fourth-order valence-corrected chi connectivity index (χ4v) is 3.79. The van der Waals surface area contributed by atoms with Gasteiger partial charge in [0.05, 0.1) is 18.8 Å². The Morgan fingerprint density at radius 2 is 2.00 bits per heavy atom. The molecule has 150 valence electrons. The Balaban J connectivity index is 1.86. The topological polar surface area (TPSA) is 51.1 Å². The van der Waals surface area contributed by atoms with Crippen LogP contribution in [0.5, 0.6) is 11.5 Å². The van der Waals surface area contributed by atoms with Crippen LogP contribution in [0.4, 0.5) is 5.69 Å². The molecule has 1 unspecified atom stereocenters. The van der Waals surface area contributed by atoms with Crippen LogP contribution < -0.4 is 9.47 Å². The number of likely N-dealkylation sites (tertiary alicyclic amines) is 1. The van der Waals surface area contributed by atoms with Crippen molar-refractivity contribution in [3.63, 3.8) is 0 Å². The van der Waals surface area contributed by atoms with Gasteiger partial charge in [0.25, 0.3) is 0 Å². The molecule has 28 heavy (non-hydrogen) atoms. The number of ether oxygens (including phenoxy) is 2. The molecule has 2 aromatic rings. The Morgan fingerprint density at radius 3 is 2.71 bits per heavy atom. The number of rotatable bonds is 8. The Labute approximate surface area is 171 Å². The van der Waals surface area contributed by atoms with Gasteiger partial charge in [0.2, 0.25) is 6.41 Å². The molecule has 1 aliphatic rings. The van der Waals surface area contributed by atoms with Crippen molar-refractivity contribution < 1.29 is 14.3 Å². The fraction of sp³-hybridized carbons (Fsp3) is 0.455. The van der Waals surface area contributed by atoms with Gasteiger partial charge in [-0.3, -0.25) is 9.79 Å². The largest absolute Gasteiger partial charge is 0.493 e. The third-order valence-corrected chi connectivity index (χ3v) is 5.84. The van der Waals surface area contributed by atoms with Gasteiger partial charge in [-0.15, -0.1) is 11.8 Å². The number of hydrogen-bond donors (Lipinski definition) is 0. The molecule has 0 radical (unpaired) electrons. The standard InChI is InChI=1S/C22H28N2O3S/c1-15(2)28-14-27-22-11-17-8-16(3)20(9-18(17)10-21(22)26-4)23-12-19-6-5-7-24(19)13-25/h8-13,15,19H,5-7,14H2,1-4H3. The molecule has 0 saturated carbocycles. The van der Waals surface area contributed by atoms with Gasteiger partial charge in [-0.1, -0.05) is 13.8 Å². The molecule has 1 fully saturated rings. The number of aryl methyl sites for hydroxylation is 1. The van der Waals surface area contributed by atoms with Crippen molar-refractivity contribution in [3.8, 4) is 11.5 Å². The van der Waals surface area contributed by atoms with Crippen LogP contribution in [-0.4, -0.2) is 48.4 Å². The van der Waals surface area contributed by atoms with E-state index in [2.05, 4.69) is 37.9 Å². The predicted octanol–water partition coefficient (Wildman–Crippen LogP) is 4.96. The maximum absolute atomic E-state index is 11.1. The summed E-state index contributed by atoms with van der Waals surface area (Å²) in [4.78, 5) is 17.6. The molecule has 1 aliphatic heterocycles. The van der Waals surface area contributed by atoms with E-state index < -0.39 is 0 Å². The lowest BCUT2D eigenvalue weighted by atomic mass is 10.0. The summed E-state index contributed by atoms with van der Waals surface area (Å²) in [6, 6.07) is 8.31. The minimum atomic E-state index is 0.0939. The third-order valence-electron chi connectivity index (χ3n) is 4.92. The highest BCUT2D eigenvalue weighted by Crippen LogP contribution is 2.36. The average Bonchev–Trinajstić information content (AvgIpc) is 3.13. The zero-order valence-electron chi connectivity index (χ0n) is 17.0. The second-order valence-corrected chi connectivity index (χ2v) is 8.81. The van der Waals surface area contributed by atoms with E-state index in [0.717, 1.165) is 59.3 Å². The molecule has 5 nitrogen and oxygen atoms in total. The van der Waals surface area contributed by atoms with Crippen molar-refractivity contribution in [2.75, 3.05) is 19.6 Å². The van der Waals surface area contributed by atoms with Crippen LogP contribution in [0.15, 0.2) is 29.3 Å². The molecule has 1 heterocycles. The molecule has 1 atom stereocenters. The Morgan fingerprint density at radius 1 is 1.25 bits per heavy atom. The lowest BCUT2D eigenvalue weighted by molar-refractivity contribution is -0.117. The van der Waals surface area contributed by atoms with Crippen LogP contribution in [-0.2, 0) is 4.79 Å². The first-order chi connectivity index (χ1) is 13.5. The molecule has 0 aromatic heterocycles. The Hall–Kier alpha value is -2.21. The highest BCUT2D eigenvalue weighted by molar-refractivity contribution is 7.99. The Bertz CT molecular complexity index is 866. The van der Waals surface area contributed by atoms with Gasteiger partial charge in [0.15, 0.2) is 11.5 Å². The highest BCUT2D eigenvalue weighted by Gasteiger charge is 2.21. The van der Waals surface area contributed by atoms with E-state index in [4.69, 9.17) is 9.47 Å². The molecular formula is C22H28N2O3S. The Kier molecular flexibility index (Phi) is 6.83. The van der Waals surface area contributed by atoms with Gasteiger partial charge >= 0.3 is 0 Å². The zero-order valence-corrected chi connectivity index (χ0v) is 17.8. The zero-order chi connectivity index (χ0) is 20.1. The number of amides is 1. The quantitative estimate of drug-likeness (QED) is 0.357. The molecule has 3 rings (SSSR count). The number of aliphatic imine (C=N–C) groups is 1. The molecule has 0 N–H and O–H groups in total. The van der Waals surface area contributed by atoms with E-state index in [1.807, 2.05) is 23.2 Å². The van der Waals surface area contributed by atoms with Crippen molar-refractivity contribution >= 4 is 40.8 Å². The molecule has 1 amide bonds. The van der Waals surface area contributed by atoms with Gasteiger partial charge in [0, 0.05) is 18.0 Å². The minimum Gasteiger partial charge on any atom is -0.493 e. The number of thioether (sulfide) groups is 1. The third kappa shape index (κ3) is 4.79.